The molecular formula is C35H30N2O6. The zero-order valence-electron chi connectivity index (χ0n) is 23.9. The van der Waals surface area contributed by atoms with Crippen molar-refractivity contribution in [2.75, 3.05) is 14.2 Å². The largest absolute Gasteiger partial charge is 0.493 e. The number of amides is 1. The van der Waals surface area contributed by atoms with Crippen LogP contribution in [0, 0.1) is 0 Å². The first-order chi connectivity index (χ1) is 21.0. The van der Waals surface area contributed by atoms with Crippen molar-refractivity contribution in [3.63, 3.8) is 0 Å². The fourth-order valence-electron chi connectivity index (χ4n) is 4.49. The smallest absolute Gasteiger partial charge is 0.343 e. The summed E-state index contributed by atoms with van der Waals surface area (Å²) in [5.41, 5.74) is 5.48. The summed E-state index contributed by atoms with van der Waals surface area (Å²) in [6, 6.07) is 33.4. The van der Waals surface area contributed by atoms with Crippen LogP contribution in [0.25, 0.3) is 21.9 Å². The van der Waals surface area contributed by atoms with E-state index < -0.39 is 18.0 Å². The van der Waals surface area contributed by atoms with Gasteiger partial charge in [-0.1, -0.05) is 72.8 Å². The lowest BCUT2D eigenvalue weighted by atomic mass is 10.0. The quantitative estimate of drug-likeness (QED) is 0.0867. The number of hydrazone groups is 1. The maximum absolute atomic E-state index is 13.1. The number of benzene rings is 5. The van der Waals surface area contributed by atoms with Crippen molar-refractivity contribution in [3.8, 4) is 34.1 Å². The van der Waals surface area contributed by atoms with E-state index in [4.69, 9.17) is 18.9 Å². The van der Waals surface area contributed by atoms with Gasteiger partial charge in [0.15, 0.2) is 17.6 Å². The molecular weight excluding hydrogens is 544 g/mol. The van der Waals surface area contributed by atoms with E-state index in [0.717, 1.165) is 21.9 Å². The van der Waals surface area contributed by atoms with Crippen LogP contribution in [0.3, 0.4) is 0 Å². The summed E-state index contributed by atoms with van der Waals surface area (Å²) < 4.78 is 22.2. The third-order valence-corrected chi connectivity index (χ3v) is 6.76. The molecule has 0 aromatic heterocycles. The van der Waals surface area contributed by atoms with Crippen molar-refractivity contribution < 1.29 is 28.5 Å². The summed E-state index contributed by atoms with van der Waals surface area (Å²) in [7, 11) is 3.01. The third kappa shape index (κ3) is 6.82. The summed E-state index contributed by atoms with van der Waals surface area (Å²) in [4.78, 5) is 25.9. The second kappa shape index (κ2) is 13.4. The van der Waals surface area contributed by atoms with Crippen molar-refractivity contribution in [3.05, 3.63) is 120 Å². The number of nitrogens with zero attached hydrogens (tertiary/aromatic N) is 1. The van der Waals surface area contributed by atoms with Crippen molar-refractivity contribution in [2.45, 2.75) is 13.0 Å². The fourth-order valence-corrected chi connectivity index (χ4v) is 4.49. The summed E-state index contributed by atoms with van der Waals surface area (Å²) in [6.45, 7) is 1.64. The number of nitrogens with one attached hydrogen (secondary N) is 1. The van der Waals surface area contributed by atoms with Crippen LogP contribution in [0.1, 0.15) is 22.8 Å². The van der Waals surface area contributed by atoms with Crippen LogP contribution in [0.5, 0.6) is 23.0 Å². The summed E-state index contributed by atoms with van der Waals surface area (Å²) >= 11 is 0. The predicted octanol–water partition coefficient (Wildman–Crippen LogP) is 6.66. The van der Waals surface area contributed by atoms with Crippen LogP contribution >= 0.6 is 0 Å². The number of fused-ring (bicyclic) bond motifs is 1. The number of carbonyl (C=O) groups excluding carboxylic acids is 2. The third-order valence-electron chi connectivity index (χ3n) is 6.76. The second-order valence-corrected chi connectivity index (χ2v) is 9.54. The Balaban J connectivity index is 1.29. The topological polar surface area (TPSA) is 95.5 Å². The molecule has 0 saturated heterocycles. The predicted molar refractivity (Wildman–Crippen MR) is 166 cm³/mol. The molecule has 0 aliphatic heterocycles. The van der Waals surface area contributed by atoms with Gasteiger partial charge in [0.1, 0.15) is 11.5 Å². The van der Waals surface area contributed by atoms with E-state index in [9.17, 15) is 9.59 Å². The van der Waals surface area contributed by atoms with E-state index in [1.807, 2.05) is 84.9 Å². The molecule has 5 aromatic rings. The average Bonchev–Trinajstić information content (AvgIpc) is 3.05. The normalized spacial score (nSPS) is 11.6. The Morgan fingerprint density at radius 2 is 1.42 bits per heavy atom. The zero-order valence-corrected chi connectivity index (χ0v) is 23.9. The SMILES string of the molecule is COc1ccc(C(=O)Oc2ccc3ccccc3c2/C=N\NC(=O)[C@H](C)Oc2ccc(-c3ccccc3)cc2)cc1OC. The van der Waals surface area contributed by atoms with Gasteiger partial charge in [0.2, 0.25) is 0 Å². The van der Waals surface area contributed by atoms with Crippen LogP contribution in [0.2, 0.25) is 0 Å². The lowest BCUT2D eigenvalue weighted by Gasteiger charge is -2.14. The van der Waals surface area contributed by atoms with Gasteiger partial charge in [0.25, 0.3) is 5.91 Å². The van der Waals surface area contributed by atoms with E-state index in [-0.39, 0.29) is 11.3 Å². The maximum Gasteiger partial charge on any atom is 0.343 e. The molecule has 0 spiro atoms. The average molecular weight is 575 g/mol. The van der Waals surface area contributed by atoms with Crippen LogP contribution < -0.4 is 24.4 Å². The minimum Gasteiger partial charge on any atom is -0.493 e. The first kappa shape index (κ1) is 28.9. The summed E-state index contributed by atoms with van der Waals surface area (Å²) in [5, 5.41) is 5.87. The van der Waals surface area contributed by atoms with Crippen LogP contribution in [0.15, 0.2) is 114 Å². The minimum absolute atomic E-state index is 0.277. The van der Waals surface area contributed by atoms with E-state index in [2.05, 4.69) is 10.5 Å². The van der Waals surface area contributed by atoms with Gasteiger partial charge in [0, 0.05) is 5.56 Å². The van der Waals surface area contributed by atoms with Gasteiger partial charge in [-0.05, 0) is 65.2 Å². The Hall–Kier alpha value is -5.63. The van der Waals surface area contributed by atoms with Crippen LogP contribution in [-0.4, -0.2) is 38.4 Å². The maximum atomic E-state index is 13.1. The first-order valence-corrected chi connectivity index (χ1v) is 13.6. The molecule has 0 radical (unpaired) electrons. The highest BCUT2D eigenvalue weighted by atomic mass is 16.5. The summed E-state index contributed by atoms with van der Waals surface area (Å²) in [6.07, 6.45) is 0.647. The molecule has 8 heteroatoms. The molecule has 0 unspecified atom stereocenters. The Bertz CT molecular complexity index is 1770. The molecule has 5 aromatic carbocycles. The van der Waals surface area contributed by atoms with Gasteiger partial charge in [0.05, 0.1) is 26.0 Å². The van der Waals surface area contributed by atoms with Crippen LogP contribution in [0.4, 0.5) is 0 Å². The molecule has 0 fully saturated rings. The second-order valence-electron chi connectivity index (χ2n) is 9.54. The monoisotopic (exact) mass is 574 g/mol. The molecule has 0 heterocycles. The van der Waals surface area contributed by atoms with Crippen molar-refractivity contribution in [1.29, 1.82) is 0 Å². The first-order valence-electron chi connectivity index (χ1n) is 13.6. The molecule has 216 valence electrons. The van der Waals surface area contributed by atoms with Crippen molar-refractivity contribution in [2.24, 2.45) is 5.10 Å². The van der Waals surface area contributed by atoms with Crippen LogP contribution in [-0.2, 0) is 4.79 Å². The number of rotatable bonds is 10. The highest BCUT2D eigenvalue weighted by Crippen LogP contribution is 2.30. The Morgan fingerprint density at radius 1 is 0.744 bits per heavy atom. The molecule has 1 atom stereocenters. The van der Waals surface area contributed by atoms with Gasteiger partial charge in [-0.3, -0.25) is 4.79 Å². The molecule has 0 bridgehead atoms. The van der Waals surface area contributed by atoms with Gasteiger partial charge < -0.3 is 18.9 Å². The lowest BCUT2D eigenvalue weighted by molar-refractivity contribution is -0.127. The Labute approximate surface area is 249 Å². The number of hydrogen-bond acceptors (Lipinski definition) is 7. The highest BCUT2D eigenvalue weighted by molar-refractivity contribution is 6.04. The number of carbonyl (C=O) groups is 2. The molecule has 1 N–H and O–H groups in total. The molecule has 1 amide bonds. The van der Waals surface area contributed by atoms with Gasteiger partial charge in [-0.15, -0.1) is 0 Å². The van der Waals surface area contributed by atoms with Gasteiger partial charge in [-0.25, -0.2) is 10.2 Å². The molecule has 0 aliphatic rings. The number of methoxy groups -OCH3 is 2. The van der Waals surface area contributed by atoms with Crippen molar-refractivity contribution >= 4 is 28.9 Å². The lowest BCUT2D eigenvalue weighted by Crippen LogP contribution is -2.33. The molecule has 43 heavy (non-hydrogen) atoms. The fraction of sp³-hybridized carbons (Fsp3) is 0.114. The van der Waals surface area contributed by atoms with E-state index >= 15 is 0 Å². The number of esters is 1. The zero-order chi connectivity index (χ0) is 30.2. The number of hydrogen-bond donors (Lipinski definition) is 1. The molecule has 5 rings (SSSR count). The summed E-state index contributed by atoms with van der Waals surface area (Å²) in [5.74, 6) is 0.714. The van der Waals surface area contributed by atoms with E-state index in [1.54, 1.807) is 31.2 Å². The minimum atomic E-state index is -0.811. The molecule has 8 nitrogen and oxygen atoms in total. The Kier molecular flexibility index (Phi) is 8.97. The van der Waals surface area contributed by atoms with E-state index in [0.29, 0.717) is 22.8 Å². The molecule has 0 saturated carbocycles. The molecule has 0 aliphatic carbocycles. The van der Waals surface area contributed by atoms with Crippen molar-refractivity contribution in [1.82, 2.24) is 5.43 Å². The Morgan fingerprint density at radius 3 is 2.16 bits per heavy atom. The van der Waals surface area contributed by atoms with Gasteiger partial charge >= 0.3 is 5.97 Å². The van der Waals surface area contributed by atoms with Gasteiger partial charge in [-0.2, -0.15) is 5.10 Å². The highest BCUT2D eigenvalue weighted by Gasteiger charge is 2.17. The standard InChI is InChI=1S/C35H30N2O6/c1-23(42-28-17-13-25(14-18-28)24-9-5-4-6-10-24)34(38)37-36-22-30-29-12-8-7-11-26(29)15-19-31(30)43-35(39)27-16-20-32(40-2)33(21-27)41-3/h4-23H,1-3H3,(H,37,38)/b36-22-/t23-/m0/s1. The van der Waals surface area contributed by atoms with E-state index in [1.165, 1.54) is 20.4 Å². The number of ether oxygens (including phenoxy) is 4.